The molecule has 2 aliphatic rings. The Labute approximate surface area is 150 Å². The standard InChI is InChI=1S/C19H19N5O2/c25-19(15-3-1-2-13-7-11-26-18(13)15)23-9-6-14(12-23)21-16-4-5-17-20-8-10-24(17)22-16/h1-5,8,10,14H,6-7,9,11-12H2,(H,21,22). The summed E-state index contributed by atoms with van der Waals surface area (Å²) in [6.07, 6.45) is 5.32. The largest absolute Gasteiger partial charge is 0.492 e. The maximum Gasteiger partial charge on any atom is 0.257 e. The highest BCUT2D eigenvalue weighted by molar-refractivity contribution is 5.97. The van der Waals surface area contributed by atoms with Gasteiger partial charge in [0.05, 0.1) is 12.2 Å². The Kier molecular flexibility index (Phi) is 3.51. The molecule has 1 N–H and O–H groups in total. The van der Waals surface area contributed by atoms with E-state index in [1.807, 2.05) is 41.4 Å². The van der Waals surface area contributed by atoms with Crippen molar-refractivity contribution in [1.29, 1.82) is 0 Å². The Morgan fingerprint density at radius 3 is 3.19 bits per heavy atom. The van der Waals surface area contributed by atoms with E-state index in [1.54, 1.807) is 10.7 Å². The van der Waals surface area contributed by atoms with Gasteiger partial charge in [-0.15, -0.1) is 5.10 Å². The highest BCUT2D eigenvalue weighted by atomic mass is 16.5. The molecule has 7 heteroatoms. The van der Waals surface area contributed by atoms with E-state index in [1.165, 1.54) is 0 Å². The highest BCUT2D eigenvalue weighted by Crippen LogP contribution is 2.31. The number of nitrogens with one attached hydrogen (secondary N) is 1. The van der Waals surface area contributed by atoms with Crippen LogP contribution in [-0.4, -0.2) is 51.1 Å². The quantitative estimate of drug-likeness (QED) is 0.783. The van der Waals surface area contributed by atoms with Gasteiger partial charge < -0.3 is 15.0 Å². The number of hydrogen-bond acceptors (Lipinski definition) is 5. The smallest absolute Gasteiger partial charge is 0.257 e. The van der Waals surface area contributed by atoms with Crippen LogP contribution < -0.4 is 10.1 Å². The van der Waals surface area contributed by atoms with Crippen LogP contribution in [-0.2, 0) is 6.42 Å². The van der Waals surface area contributed by atoms with Gasteiger partial charge in [-0.25, -0.2) is 9.50 Å². The van der Waals surface area contributed by atoms with Crippen LogP contribution in [0.1, 0.15) is 22.3 Å². The van der Waals surface area contributed by atoms with Crippen LogP contribution in [0, 0.1) is 0 Å². The fourth-order valence-electron chi connectivity index (χ4n) is 3.72. The summed E-state index contributed by atoms with van der Waals surface area (Å²) in [6, 6.07) is 9.87. The Bertz CT molecular complexity index is 983. The number of amides is 1. The molecule has 26 heavy (non-hydrogen) atoms. The van der Waals surface area contributed by atoms with Crippen LogP contribution >= 0.6 is 0 Å². The molecule has 1 saturated heterocycles. The number of benzene rings is 1. The molecule has 0 spiro atoms. The zero-order valence-electron chi connectivity index (χ0n) is 14.3. The minimum Gasteiger partial charge on any atom is -0.492 e. The van der Waals surface area contributed by atoms with Crippen LogP contribution in [0.5, 0.6) is 5.75 Å². The number of carbonyl (C=O) groups is 1. The lowest BCUT2D eigenvalue weighted by atomic mass is 10.1. The van der Waals surface area contributed by atoms with Crippen LogP contribution in [0.3, 0.4) is 0 Å². The summed E-state index contributed by atoms with van der Waals surface area (Å²) in [5, 5.41) is 7.92. The van der Waals surface area contributed by atoms with E-state index in [4.69, 9.17) is 4.74 Å². The summed E-state index contributed by atoms with van der Waals surface area (Å²) in [5.74, 6) is 1.60. The zero-order valence-corrected chi connectivity index (χ0v) is 14.3. The second-order valence-electron chi connectivity index (χ2n) is 6.72. The van der Waals surface area contributed by atoms with E-state index in [2.05, 4.69) is 15.4 Å². The highest BCUT2D eigenvalue weighted by Gasteiger charge is 2.30. The van der Waals surface area contributed by atoms with Crippen molar-refractivity contribution in [3.05, 3.63) is 53.9 Å². The number of hydrogen-bond donors (Lipinski definition) is 1. The van der Waals surface area contributed by atoms with Crippen molar-refractivity contribution >= 4 is 17.4 Å². The predicted molar refractivity (Wildman–Crippen MR) is 96.6 cm³/mol. The Hall–Kier alpha value is -3.09. The molecule has 0 saturated carbocycles. The maximum absolute atomic E-state index is 12.9. The Morgan fingerprint density at radius 2 is 2.23 bits per heavy atom. The molecule has 0 aliphatic carbocycles. The van der Waals surface area contributed by atoms with Crippen LogP contribution in [0.2, 0.25) is 0 Å². The third kappa shape index (κ3) is 2.56. The molecular weight excluding hydrogens is 330 g/mol. The van der Waals surface area contributed by atoms with Gasteiger partial charge in [0.1, 0.15) is 11.6 Å². The van der Waals surface area contributed by atoms with Gasteiger partial charge in [0.25, 0.3) is 5.91 Å². The van der Waals surface area contributed by atoms with Crippen molar-refractivity contribution in [3.63, 3.8) is 0 Å². The van der Waals surface area contributed by atoms with Gasteiger partial charge in [-0.3, -0.25) is 4.79 Å². The molecular formula is C19H19N5O2. The Balaban J connectivity index is 1.29. The Morgan fingerprint density at radius 1 is 1.27 bits per heavy atom. The number of imidazole rings is 1. The van der Waals surface area contributed by atoms with E-state index in [9.17, 15) is 4.79 Å². The minimum atomic E-state index is 0.0473. The van der Waals surface area contributed by atoms with Gasteiger partial charge in [-0.2, -0.15) is 0 Å². The second-order valence-corrected chi connectivity index (χ2v) is 6.72. The number of nitrogens with zero attached hydrogens (tertiary/aromatic N) is 4. The van der Waals surface area contributed by atoms with E-state index < -0.39 is 0 Å². The third-order valence-electron chi connectivity index (χ3n) is 5.03. The molecule has 0 bridgehead atoms. The van der Waals surface area contributed by atoms with E-state index in [-0.39, 0.29) is 11.9 Å². The van der Waals surface area contributed by atoms with Crippen molar-refractivity contribution in [2.45, 2.75) is 18.9 Å². The topological polar surface area (TPSA) is 71.8 Å². The second kappa shape index (κ2) is 6.01. The summed E-state index contributed by atoms with van der Waals surface area (Å²) in [6.45, 7) is 2.05. The van der Waals surface area contributed by atoms with Crippen LogP contribution in [0.4, 0.5) is 5.82 Å². The summed E-state index contributed by atoms with van der Waals surface area (Å²) in [7, 11) is 0. The first-order valence-electron chi connectivity index (χ1n) is 8.89. The van der Waals surface area contributed by atoms with Crippen LogP contribution in [0.15, 0.2) is 42.7 Å². The van der Waals surface area contributed by atoms with Crippen molar-refractivity contribution in [1.82, 2.24) is 19.5 Å². The normalized spacial score (nSPS) is 18.8. The number of fused-ring (bicyclic) bond motifs is 2. The summed E-state index contributed by atoms with van der Waals surface area (Å²) in [4.78, 5) is 19.0. The molecule has 4 heterocycles. The van der Waals surface area contributed by atoms with E-state index in [0.29, 0.717) is 18.7 Å². The van der Waals surface area contributed by atoms with Gasteiger partial charge in [-0.1, -0.05) is 12.1 Å². The summed E-state index contributed by atoms with van der Waals surface area (Å²) in [5.41, 5.74) is 2.62. The summed E-state index contributed by atoms with van der Waals surface area (Å²) < 4.78 is 7.43. The van der Waals surface area contributed by atoms with Gasteiger partial charge >= 0.3 is 0 Å². The molecule has 0 radical (unpaired) electrons. The molecule has 3 aromatic rings. The monoisotopic (exact) mass is 349 g/mol. The zero-order chi connectivity index (χ0) is 17.5. The number of anilines is 1. The molecule has 1 atom stereocenters. The van der Waals surface area contributed by atoms with Gasteiger partial charge in [-0.05, 0) is 30.2 Å². The van der Waals surface area contributed by atoms with Crippen molar-refractivity contribution < 1.29 is 9.53 Å². The van der Waals surface area contributed by atoms with Crippen LogP contribution in [0.25, 0.3) is 5.65 Å². The van der Waals surface area contributed by atoms with Crippen molar-refractivity contribution in [2.75, 3.05) is 25.0 Å². The molecule has 2 aliphatic heterocycles. The number of rotatable bonds is 3. The number of aromatic nitrogens is 3. The number of para-hydroxylation sites is 1. The number of carbonyl (C=O) groups excluding carboxylic acids is 1. The van der Waals surface area contributed by atoms with Crippen molar-refractivity contribution in [3.8, 4) is 5.75 Å². The molecule has 1 aromatic carbocycles. The van der Waals surface area contributed by atoms with E-state index >= 15 is 0 Å². The molecule has 5 rings (SSSR count). The average molecular weight is 349 g/mol. The van der Waals surface area contributed by atoms with Gasteiger partial charge in [0.2, 0.25) is 0 Å². The fraction of sp³-hybridized carbons (Fsp3) is 0.316. The number of likely N-dealkylation sites (tertiary alicyclic amines) is 1. The molecule has 7 nitrogen and oxygen atoms in total. The molecule has 132 valence electrons. The average Bonchev–Trinajstić information content (AvgIpc) is 3.40. The molecule has 2 aromatic heterocycles. The van der Waals surface area contributed by atoms with E-state index in [0.717, 1.165) is 42.2 Å². The fourth-order valence-corrected chi connectivity index (χ4v) is 3.72. The molecule has 1 unspecified atom stereocenters. The first kappa shape index (κ1) is 15.2. The third-order valence-corrected chi connectivity index (χ3v) is 5.03. The predicted octanol–water partition coefficient (Wildman–Crippen LogP) is 1.99. The lowest BCUT2D eigenvalue weighted by Crippen LogP contribution is -2.32. The summed E-state index contributed by atoms with van der Waals surface area (Å²) >= 11 is 0. The number of ether oxygens (including phenoxy) is 1. The lowest BCUT2D eigenvalue weighted by molar-refractivity contribution is 0.0788. The van der Waals surface area contributed by atoms with Crippen molar-refractivity contribution in [2.24, 2.45) is 0 Å². The lowest BCUT2D eigenvalue weighted by Gasteiger charge is -2.18. The van der Waals surface area contributed by atoms with Gasteiger partial charge in [0.15, 0.2) is 5.65 Å². The first-order chi connectivity index (χ1) is 12.8. The molecule has 1 fully saturated rings. The molecule has 1 amide bonds. The SMILES string of the molecule is O=C(c1cccc2c1OCC2)N1CCC(Nc2ccc3nccn3n2)C1. The van der Waals surface area contributed by atoms with Gasteiger partial charge in [0, 0.05) is 37.9 Å². The minimum absolute atomic E-state index is 0.0473. The first-order valence-corrected chi connectivity index (χ1v) is 8.89. The maximum atomic E-state index is 12.9.